The Morgan fingerprint density at radius 2 is 1.87 bits per heavy atom. The normalized spacial score (nSPS) is 15.7. The molecule has 1 aliphatic rings. The molecule has 1 aliphatic heterocycles. The van der Waals surface area contributed by atoms with Crippen LogP contribution < -0.4 is 0 Å². The van der Waals surface area contributed by atoms with Crippen LogP contribution in [0, 0.1) is 0 Å². The smallest absolute Gasteiger partial charge is 0.410 e. The molecule has 1 amide bonds. The number of hydrogen-bond donors (Lipinski definition) is 0. The molecule has 0 unspecified atom stereocenters. The van der Waals surface area contributed by atoms with E-state index in [-0.39, 0.29) is 18.9 Å². The van der Waals surface area contributed by atoms with Crippen LogP contribution in [0.4, 0.5) is 4.79 Å². The Kier molecular flexibility index (Phi) is 6.03. The number of likely N-dealkylation sites (tertiary alicyclic amines) is 1. The van der Waals surface area contributed by atoms with Crippen molar-refractivity contribution in [2.75, 3.05) is 6.54 Å². The summed E-state index contributed by atoms with van der Waals surface area (Å²) in [5.74, 6) is -0.285. The molecule has 1 aromatic carbocycles. The van der Waals surface area contributed by atoms with Crippen LogP contribution in [0.2, 0.25) is 0 Å². The Balaban J connectivity index is 1.41. The lowest BCUT2D eigenvalue weighted by Crippen LogP contribution is -2.31. The third-order valence-electron chi connectivity index (χ3n) is 4.88. The molecule has 8 heteroatoms. The van der Waals surface area contributed by atoms with Gasteiger partial charge in [-0.2, -0.15) is 0 Å². The van der Waals surface area contributed by atoms with Gasteiger partial charge in [0.25, 0.3) is 0 Å². The van der Waals surface area contributed by atoms with Crippen molar-refractivity contribution in [3.8, 4) is 0 Å². The van der Waals surface area contributed by atoms with Crippen LogP contribution in [0.15, 0.2) is 65.7 Å². The maximum Gasteiger partial charge on any atom is 0.410 e. The number of carbonyl (C=O) groups is 2. The number of pyridine rings is 1. The Bertz CT molecular complexity index is 990. The molecule has 1 saturated heterocycles. The summed E-state index contributed by atoms with van der Waals surface area (Å²) in [5, 5.41) is 0. The lowest BCUT2D eigenvalue weighted by molar-refractivity contribution is 0.0457. The first-order valence-corrected chi connectivity index (χ1v) is 9.69. The molecule has 4 rings (SSSR count). The molecule has 0 saturated carbocycles. The summed E-state index contributed by atoms with van der Waals surface area (Å²) in [5.41, 5.74) is 1.75. The van der Waals surface area contributed by atoms with Crippen LogP contribution in [0.1, 0.15) is 46.3 Å². The van der Waals surface area contributed by atoms with E-state index in [9.17, 15) is 9.59 Å². The monoisotopic (exact) mass is 407 g/mol. The molecule has 1 fully saturated rings. The van der Waals surface area contributed by atoms with Crippen molar-refractivity contribution in [3.05, 3.63) is 83.8 Å². The summed E-state index contributed by atoms with van der Waals surface area (Å²) in [6, 6.07) is 12.6. The molecule has 30 heavy (non-hydrogen) atoms. The van der Waals surface area contributed by atoms with Crippen LogP contribution in [0.3, 0.4) is 0 Å². The molecule has 2 aromatic heterocycles. The van der Waals surface area contributed by atoms with Crippen molar-refractivity contribution >= 4 is 12.1 Å². The largest absolute Gasteiger partial charge is 0.456 e. The van der Waals surface area contributed by atoms with Crippen molar-refractivity contribution in [3.63, 3.8) is 0 Å². The molecular weight excluding hydrogens is 386 g/mol. The highest BCUT2D eigenvalue weighted by atomic mass is 16.6. The van der Waals surface area contributed by atoms with E-state index in [4.69, 9.17) is 13.9 Å². The van der Waals surface area contributed by atoms with Crippen molar-refractivity contribution < 1.29 is 23.5 Å². The molecule has 0 N–H and O–H groups in total. The first-order valence-electron chi connectivity index (χ1n) is 9.69. The summed E-state index contributed by atoms with van der Waals surface area (Å²) in [6.45, 7) is 0.773. The fourth-order valence-electron chi connectivity index (χ4n) is 3.41. The van der Waals surface area contributed by atoms with Gasteiger partial charge in [0, 0.05) is 24.5 Å². The summed E-state index contributed by atoms with van der Waals surface area (Å²) in [4.78, 5) is 34.8. The SMILES string of the molecule is O=C(OCc1cccnc1)c1ncoc1[C@@H]1CCCN1C(=O)OCc1ccccc1. The molecule has 0 spiro atoms. The maximum absolute atomic E-state index is 12.6. The average Bonchev–Trinajstić information content (AvgIpc) is 3.46. The van der Waals surface area contributed by atoms with E-state index in [1.165, 1.54) is 6.39 Å². The quantitative estimate of drug-likeness (QED) is 0.572. The number of benzene rings is 1. The van der Waals surface area contributed by atoms with E-state index in [1.54, 1.807) is 23.4 Å². The third-order valence-corrected chi connectivity index (χ3v) is 4.88. The Hall–Kier alpha value is -3.68. The lowest BCUT2D eigenvalue weighted by Gasteiger charge is -2.22. The minimum Gasteiger partial charge on any atom is -0.456 e. The predicted molar refractivity (Wildman–Crippen MR) is 105 cm³/mol. The molecule has 0 aliphatic carbocycles. The zero-order chi connectivity index (χ0) is 20.8. The van der Waals surface area contributed by atoms with Gasteiger partial charge >= 0.3 is 12.1 Å². The van der Waals surface area contributed by atoms with E-state index < -0.39 is 18.1 Å². The number of nitrogens with zero attached hydrogens (tertiary/aromatic N) is 3. The minimum atomic E-state index is -0.605. The molecule has 154 valence electrons. The van der Waals surface area contributed by atoms with Crippen LogP contribution in [-0.2, 0) is 22.7 Å². The minimum absolute atomic E-state index is 0.0756. The highest BCUT2D eigenvalue weighted by Gasteiger charge is 2.37. The van der Waals surface area contributed by atoms with Gasteiger partial charge in [0.05, 0.1) is 6.04 Å². The number of esters is 1. The molecule has 3 aromatic rings. The highest BCUT2D eigenvalue weighted by Crippen LogP contribution is 2.34. The predicted octanol–water partition coefficient (Wildman–Crippen LogP) is 3.90. The second-order valence-electron chi connectivity index (χ2n) is 6.89. The van der Waals surface area contributed by atoms with Crippen molar-refractivity contribution in [1.82, 2.24) is 14.9 Å². The van der Waals surface area contributed by atoms with E-state index >= 15 is 0 Å². The molecule has 1 atom stereocenters. The number of ether oxygens (including phenoxy) is 2. The van der Waals surface area contributed by atoms with Crippen LogP contribution in [0.25, 0.3) is 0 Å². The van der Waals surface area contributed by atoms with E-state index in [0.29, 0.717) is 18.7 Å². The summed E-state index contributed by atoms with van der Waals surface area (Å²) in [6.07, 6.45) is 5.44. The highest BCUT2D eigenvalue weighted by molar-refractivity contribution is 5.88. The number of aromatic nitrogens is 2. The molecule has 0 bridgehead atoms. The fourth-order valence-corrected chi connectivity index (χ4v) is 3.41. The fraction of sp³-hybridized carbons (Fsp3) is 0.273. The average molecular weight is 407 g/mol. The molecule has 8 nitrogen and oxygen atoms in total. The first kappa shape index (κ1) is 19.6. The van der Waals surface area contributed by atoms with Gasteiger partial charge in [0.1, 0.15) is 13.2 Å². The number of carbonyl (C=O) groups excluding carboxylic acids is 2. The van der Waals surface area contributed by atoms with Gasteiger partial charge in [-0.25, -0.2) is 14.6 Å². The molecule has 3 heterocycles. The zero-order valence-electron chi connectivity index (χ0n) is 16.3. The van der Waals surface area contributed by atoms with Gasteiger partial charge in [-0.15, -0.1) is 0 Å². The Labute approximate surface area is 173 Å². The lowest BCUT2D eigenvalue weighted by atomic mass is 10.1. The second kappa shape index (κ2) is 9.21. The number of hydrogen-bond acceptors (Lipinski definition) is 7. The summed E-state index contributed by atoms with van der Waals surface area (Å²) < 4.78 is 16.3. The van der Waals surface area contributed by atoms with E-state index in [0.717, 1.165) is 17.5 Å². The zero-order valence-corrected chi connectivity index (χ0v) is 16.3. The summed E-state index contributed by atoms with van der Waals surface area (Å²) in [7, 11) is 0. The maximum atomic E-state index is 12.6. The van der Waals surface area contributed by atoms with Gasteiger partial charge in [0.2, 0.25) is 0 Å². The first-order chi connectivity index (χ1) is 14.7. The van der Waals surface area contributed by atoms with E-state index in [1.807, 2.05) is 36.4 Å². The molecular formula is C22H21N3O5. The van der Waals surface area contributed by atoms with Gasteiger partial charge in [-0.3, -0.25) is 9.88 Å². The van der Waals surface area contributed by atoms with Crippen LogP contribution in [0.5, 0.6) is 0 Å². The van der Waals surface area contributed by atoms with Crippen molar-refractivity contribution in [2.24, 2.45) is 0 Å². The Morgan fingerprint density at radius 3 is 2.67 bits per heavy atom. The van der Waals surface area contributed by atoms with Gasteiger partial charge in [-0.1, -0.05) is 36.4 Å². The third kappa shape index (κ3) is 4.48. The van der Waals surface area contributed by atoms with Crippen molar-refractivity contribution in [1.29, 1.82) is 0 Å². The van der Waals surface area contributed by atoms with E-state index in [2.05, 4.69) is 9.97 Å². The van der Waals surface area contributed by atoms with Gasteiger partial charge in [-0.05, 0) is 24.5 Å². The Morgan fingerprint density at radius 1 is 1.07 bits per heavy atom. The van der Waals surface area contributed by atoms with Gasteiger partial charge in [0.15, 0.2) is 17.8 Å². The van der Waals surface area contributed by atoms with Crippen LogP contribution in [-0.4, -0.2) is 33.5 Å². The second-order valence-corrected chi connectivity index (χ2v) is 6.89. The number of amides is 1. The number of rotatable bonds is 6. The topological polar surface area (TPSA) is 94.8 Å². The number of oxazole rings is 1. The standard InChI is InChI=1S/C22H21N3O5/c26-21(28-14-17-8-4-10-23-12-17)19-20(30-15-24-19)18-9-5-11-25(18)22(27)29-13-16-6-2-1-3-7-16/h1-4,6-8,10,12,15,18H,5,9,11,13-14H2/t18-/m0/s1. The summed E-state index contributed by atoms with van der Waals surface area (Å²) >= 11 is 0. The van der Waals surface area contributed by atoms with Crippen molar-refractivity contribution in [2.45, 2.75) is 32.1 Å². The molecule has 0 radical (unpaired) electrons. The van der Waals surface area contributed by atoms with Gasteiger partial charge < -0.3 is 13.9 Å². The van der Waals surface area contributed by atoms with Crippen LogP contribution >= 0.6 is 0 Å².